The molecule has 47 heavy (non-hydrogen) atoms. The smallest absolute Gasteiger partial charge is 0.226 e. The van der Waals surface area contributed by atoms with Gasteiger partial charge >= 0.3 is 0 Å². The predicted molar refractivity (Wildman–Crippen MR) is 180 cm³/mol. The molecule has 12 heteroatoms. The fourth-order valence-corrected chi connectivity index (χ4v) is 6.37. The molecule has 2 aromatic carbocycles. The Kier molecular flexibility index (Phi) is 8.25. The van der Waals surface area contributed by atoms with E-state index in [0.29, 0.717) is 49.9 Å². The maximum atomic E-state index is 13.0. The molecule has 1 saturated heterocycles. The van der Waals surface area contributed by atoms with Crippen molar-refractivity contribution in [2.24, 2.45) is 0 Å². The van der Waals surface area contributed by atoms with E-state index < -0.39 is 0 Å². The molecule has 0 aliphatic carbocycles. The van der Waals surface area contributed by atoms with Crippen LogP contribution in [-0.4, -0.2) is 68.5 Å². The van der Waals surface area contributed by atoms with Crippen molar-refractivity contribution in [3.05, 3.63) is 84.1 Å². The van der Waals surface area contributed by atoms with Crippen LogP contribution in [0.25, 0.3) is 28.0 Å². The lowest BCUT2D eigenvalue weighted by Gasteiger charge is -2.34. The van der Waals surface area contributed by atoms with E-state index in [-0.39, 0.29) is 30.2 Å². The number of nitrogens with zero attached hydrogens (tertiary/aromatic N) is 7. The fraction of sp³-hybridized carbons (Fsp3) is 0.314. The number of carbonyl (C=O) groups is 2. The molecule has 2 aliphatic heterocycles. The minimum Gasteiger partial charge on any atom is -0.378 e. The number of hydrogen-bond acceptors (Lipinski definition) is 9. The number of morpholine rings is 1. The summed E-state index contributed by atoms with van der Waals surface area (Å²) < 4.78 is 7.46. The van der Waals surface area contributed by atoms with E-state index in [4.69, 9.17) is 20.4 Å². The van der Waals surface area contributed by atoms with Gasteiger partial charge in [-0.15, -0.1) is 0 Å². The Labute approximate surface area is 272 Å². The van der Waals surface area contributed by atoms with Gasteiger partial charge in [-0.2, -0.15) is 0 Å². The summed E-state index contributed by atoms with van der Waals surface area (Å²) in [6.07, 6.45) is 9.07. The molecule has 2 amide bonds. The molecule has 0 radical (unpaired) electrons. The summed E-state index contributed by atoms with van der Waals surface area (Å²) >= 11 is 0. The molecular formula is C35H37N9O3. The highest BCUT2D eigenvalue weighted by atomic mass is 16.5. The van der Waals surface area contributed by atoms with Gasteiger partial charge in [-0.25, -0.2) is 19.9 Å². The lowest BCUT2D eigenvalue weighted by Crippen LogP contribution is -2.40. The number of benzene rings is 2. The van der Waals surface area contributed by atoms with Gasteiger partial charge in [-0.05, 0) is 54.2 Å². The number of ether oxygens (including phenoxy) is 1. The van der Waals surface area contributed by atoms with E-state index in [1.165, 1.54) is 5.56 Å². The number of rotatable bonds is 7. The minimum atomic E-state index is -0.121. The molecule has 3 N–H and O–H groups in total. The number of anilines is 3. The van der Waals surface area contributed by atoms with Crippen LogP contribution in [0.1, 0.15) is 37.1 Å². The summed E-state index contributed by atoms with van der Waals surface area (Å²) in [5, 5.41) is 3.04. The molecule has 0 unspecified atom stereocenters. The quantitative estimate of drug-likeness (QED) is 0.274. The first-order valence-corrected chi connectivity index (χ1v) is 15.9. The summed E-state index contributed by atoms with van der Waals surface area (Å²) in [5.74, 6) is 0.874. The van der Waals surface area contributed by atoms with Crippen LogP contribution in [0.5, 0.6) is 0 Å². The van der Waals surface area contributed by atoms with Crippen LogP contribution in [0, 0.1) is 0 Å². The van der Waals surface area contributed by atoms with E-state index in [0.717, 1.165) is 46.6 Å². The first kappa shape index (κ1) is 30.3. The minimum absolute atomic E-state index is 0.0765. The summed E-state index contributed by atoms with van der Waals surface area (Å²) in [6, 6.07) is 14.7. The van der Waals surface area contributed by atoms with Crippen LogP contribution < -0.4 is 20.9 Å². The largest absolute Gasteiger partial charge is 0.378 e. The van der Waals surface area contributed by atoms with Gasteiger partial charge in [0.2, 0.25) is 17.8 Å². The number of amides is 2. The van der Waals surface area contributed by atoms with E-state index in [2.05, 4.69) is 57.4 Å². The molecule has 12 nitrogen and oxygen atoms in total. The van der Waals surface area contributed by atoms with E-state index >= 15 is 0 Å². The number of nitrogens with two attached hydrogens (primary N) is 1. The van der Waals surface area contributed by atoms with Gasteiger partial charge in [0.25, 0.3) is 0 Å². The monoisotopic (exact) mass is 631 g/mol. The first-order chi connectivity index (χ1) is 22.8. The van der Waals surface area contributed by atoms with Crippen molar-refractivity contribution in [2.45, 2.75) is 45.7 Å². The Hall–Kier alpha value is -5.36. The molecule has 3 aromatic heterocycles. The number of hydrogen-bond donors (Lipinski definition) is 2. The zero-order valence-corrected chi connectivity index (χ0v) is 26.5. The van der Waals surface area contributed by atoms with Gasteiger partial charge in [0.1, 0.15) is 0 Å². The maximum absolute atomic E-state index is 13.0. The molecule has 5 aromatic rings. The highest BCUT2D eigenvalue weighted by Gasteiger charge is 2.26. The van der Waals surface area contributed by atoms with Gasteiger partial charge in [-0.3, -0.25) is 9.59 Å². The van der Waals surface area contributed by atoms with Crippen LogP contribution in [-0.2, 0) is 33.7 Å². The number of aryl methyl sites for hydroxylation is 1. The summed E-state index contributed by atoms with van der Waals surface area (Å²) in [6.45, 7) is 6.72. The number of nitrogens with one attached hydrogen (secondary N) is 1. The topological polar surface area (TPSA) is 144 Å². The molecule has 0 bridgehead atoms. The molecule has 1 fully saturated rings. The Bertz CT molecular complexity index is 1930. The first-order valence-electron chi connectivity index (χ1n) is 15.9. The van der Waals surface area contributed by atoms with E-state index in [9.17, 15) is 9.59 Å². The van der Waals surface area contributed by atoms with Crippen molar-refractivity contribution in [1.82, 2.24) is 29.7 Å². The molecule has 5 heterocycles. The zero-order valence-electron chi connectivity index (χ0n) is 26.5. The highest BCUT2D eigenvalue weighted by molar-refractivity contribution is 5.94. The number of imidazole rings is 1. The third-order valence-electron chi connectivity index (χ3n) is 8.82. The Balaban J connectivity index is 1.03. The van der Waals surface area contributed by atoms with Gasteiger partial charge in [-0.1, -0.05) is 30.3 Å². The SMILES string of the molecule is CC(=O)N1c2ccc(-c3ccc(CNC(=O)Cc4cn5cc(-c6cnc(N)nc6)nc(N6CCOCC6)c5n4)cc3)cc2CC[C@@H]1C. The standard InChI is InChI=1S/C35H37N9O3/c1-22-3-6-27-15-26(9-10-31(27)44(22)23(2)45)25-7-4-24(5-8-25)17-37-32(46)16-29-20-43-21-30(28-18-38-35(36)39-19-28)41-34(33(43)40-29)42-11-13-47-14-12-42/h4-5,7-10,15,18-22H,3,6,11-14,16-17H2,1-2H3,(H,37,46)(H2,36,38,39)/t22-/m0/s1. The van der Waals surface area contributed by atoms with Crippen LogP contribution in [0.2, 0.25) is 0 Å². The average molecular weight is 632 g/mol. The van der Waals surface area contributed by atoms with Crippen LogP contribution in [0.4, 0.5) is 17.5 Å². The molecule has 1 atom stereocenters. The number of fused-ring (bicyclic) bond motifs is 2. The van der Waals surface area contributed by atoms with E-state index in [1.54, 1.807) is 19.3 Å². The second kappa shape index (κ2) is 12.8. The summed E-state index contributed by atoms with van der Waals surface area (Å²) in [4.78, 5) is 47.3. The normalized spacial score (nSPS) is 16.3. The fourth-order valence-electron chi connectivity index (χ4n) is 6.37. The molecule has 7 rings (SSSR count). The van der Waals surface area contributed by atoms with E-state index in [1.807, 2.05) is 33.8 Å². The predicted octanol–water partition coefficient (Wildman–Crippen LogP) is 3.82. The van der Waals surface area contributed by atoms with Crippen molar-refractivity contribution in [3.8, 4) is 22.4 Å². The Morgan fingerprint density at radius 3 is 2.47 bits per heavy atom. The third-order valence-corrected chi connectivity index (χ3v) is 8.82. The van der Waals surface area contributed by atoms with Crippen molar-refractivity contribution in [3.63, 3.8) is 0 Å². The summed E-state index contributed by atoms with van der Waals surface area (Å²) in [7, 11) is 0. The molecule has 2 aliphatic rings. The zero-order chi connectivity index (χ0) is 32.5. The third kappa shape index (κ3) is 6.36. The van der Waals surface area contributed by atoms with Crippen molar-refractivity contribution in [2.75, 3.05) is 41.8 Å². The van der Waals surface area contributed by atoms with Gasteiger partial charge in [0.15, 0.2) is 11.5 Å². The molecule has 240 valence electrons. The number of aromatic nitrogens is 5. The van der Waals surface area contributed by atoms with Crippen molar-refractivity contribution < 1.29 is 14.3 Å². The van der Waals surface area contributed by atoms with Crippen LogP contribution in [0.15, 0.2) is 67.3 Å². The Morgan fingerprint density at radius 2 is 1.72 bits per heavy atom. The Morgan fingerprint density at radius 1 is 0.979 bits per heavy atom. The van der Waals surface area contributed by atoms with Gasteiger partial charge < -0.3 is 30.0 Å². The van der Waals surface area contributed by atoms with Crippen LogP contribution in [0.3, 0.4) is 0 Å². The second-order valence-corrected chi connectivity index (χ2v) is 12.1. The maximum Gasteiger partial charge on any atom is 0.226 e. The molecular weight excluding hydrogens is 594 g/mol. The average Bonchev–Trinajstić information content (AvgIpc) is 3.49. The molecule has 0 saturated carbocycles. The summed E-state index contributed by atoms with van der Waals surface area (Å²) in [5.41, 5.74) is 13.8. The number of carbonyl (C=O) groups excluding carboxylic acids is 2. The van der Waals surface area contributed by atoms with Crippen molar-refractivity contribution >= 4 is 34.9 Å². The lowest BCUT2D eigenvalue weighted by atomic mass is 9.93. The number of nitrogen functional groups attached to an aromatic ring is 1. The van der Waals surface area contributed by atoms with Gasteiger partial charge in [0, 0.05) is 68.6 Å². The second-order valence-electron chi connectivity index (χ2n) is 12.1. The molecule has 0 spiro atoms. The van der Waals surface area contributed by atoms with Gasteiger partial charge in [0.05, 0.1) is 31.0 Å². The van der Waals surface area contributed by atoms with Crippen molar-refractivity contribution in [1.29, 1.82) is 0 Å². The highest BCUT2D eigenvalue weighted by Crippen LogP contribution is 2.34. The van der Waals surface area contributed by atoms with Crippen LogP contribution >= 0.6 is 0 Å². The lowest BCUT2D eigenvalue weighted by molar-refractivity contribution is -0.120.